The Morgan fingerprint density at radius 1 is 1.07 bits per heavy atom. The smallest absolute Gasteiger partial charge is 0.414 e. The number of fused-ring (bicyclic) bond motifs is 1. The zero-order valence-corrected chi connectivity index (χ0v) is 22.8. The Morgan fingerprint density at radius 2 is 1.79 bits per heavy atom. The Hall–Kier alpha value is -4.68. The molecule has 1 aromatic heterocycles. The van der Waals surface area contributed by atoms with Gasteiger partial charge in [0.1, 0.15) is 23.3 Å². The maximum Gasteiger partial charge on any atom is 0.414 e. The fourth-order valence-corrected chi connectivity index (χ4v) is 5.79. The number of aromatic carboxylic acids is 1. The van der Waals surface area contributed by atoms with Crippen LogP contribution in [0.4, 0.5) is 30.6 Å². The number of hydrogen-bond acceptors (Lipinski definition) is 7. The van der Waals surface area contributed by atoms with Crippen LogP contribution in [0.3, 0.4) is 0 Å². The number of carboxylic acids is 1. The molecule has 3 aromatic rings. The van der Waals surface area contributed by atoms with E-state index in [1.165, 1.54) is 17.9 Å². The van der Waals surface area contributed by atoms with E-state index in [0.717, 1.165) is 25.1 Å². The van der Waals surface area contributed by atoms with E-state index >= 15 is 8.78 Å². The molecule has 2 saturated heterocycles. The lowest BCUT2D eigenvalue weighted by atomic mass is 9.99. The molecule has 2 amide bonds. The van der Waals surface area contributed by atoms with Crippen molar-refractivity contribution in [2.75, 3.05) is 54.0 Å². The lowest BCUT2D eigenvalue weighted by Gasteiger charge is -2.38. The van der Waals surface area contributed by atoms with Gasteiger partial charge in [0.2, 0.25) is 11.3 Å². The fraction of sp³-hybridized carbons (Fsp3) is 0.379. The second kappa shape index (κ2) is 10.6. The number of H-pyrrole nitrogens is 1. The second-order valence-electron chi connectivity index (χ2n) is 10.8. The topological polar surface area (TPSA) is 135 Å². The summed E-state index contributed by atoms with van der Waals surface area (Å²) < 4.78 is 36.2. The third kappa shape index (κ3) is 4.99. The average molecular weight is 582 g/mol. The van der Waals surface area contributed by atoms with Gasteiger partial charge in [0.05, 0.1) is 35.7 Å². The molecule has 1 unspecified atom stereocenters. The van der Waals surface area contributed by atoms with Crippen molar-refractivity contribution in [3.8, 4) is 0 Å². The van der Waals surface area contributed by atoms with Gasteiger partial charge in [-0.25, -0.2) is 18.4 Å². The Morgan fingerprint density at radius 3 is 2.43 bits per heavy atom. The van der Waals surface area contributed by atoms with Gasteiger partial charge in [-0.05, 0) is 43.0 Å². The second-order valence-corrected chi connectivity index (χ2v) is 10.8. The highest BCUT2D eigenvalue weighted by Gasteiger charge is 2.35. The van der Waals surface area contributed by atoms with E-state index in [2.05, 4.69) is 10.3 Å². The van der Waals surface area contributed by atoms with Crippen LogP contribution in [0.5, 0.6) is 0 Å². The van der Waals surface area contributed by atoms with E-state index in [9.17, 15) is 24.3 Å². The van der Waals surface area contributed by atoms with Crippen LogP contribution in [0, 0.1) is 11.6 Å². The zero-order chi connectivity index (χ0) is 29.7. The van der Waals surface area contributed by atoms with Crippen LogP contribution in [0.2, 0.25) is 0 Å². The fourth-order valence-electron chi connectivity index (χ4n) is 5.79. The number of pyridine rings is 1. The van der Waals surface area contributed by atoms with E-state index in [-0.39, 0.29) is 30.3 Å². The first-order valence-electron chi connectivity index (χ1n) is 13.8. The first kappa shape index (κ1) is 27.5. The van der Waals surface area contributed by atoms with Crippen LogP contribution in [0.25, 0.3) is 10.9 Å². The number of nitrogens with zero attached hydrogens (tertiary/aromatic N) is 3. The summed E-state index contributed by atoms with van der Waals surface area (Å²) in [5.74, 6) is -2.66. The summed E-state index contributed by atoms with van der Waals surface area (Å²) in [7, 11) is 0. The third-order valence-electron chi connectivity index (χ3n) is 7.99. The molecule has 1 aliphatic carbocycles. The molecule has 11 nitrogen and oxygen atoms in total. The number of ether oxygens (including phenoxy) is 1. The number of aromatic amines is 1. The Labute approximate surface area is 238 Å². The third-order valence-corrected chi connectivity index (χ3v) is 7.99. The van der Waals surface area contributed by atoms with Gasteiger partial charge in [0.25, 0.3) is 0 Å². The summed E-state index contributed by atoms with van der Waals surface area (Å²) in [6, 6.07) is 5.63. The van der Waals surface area contributed by atoms with Gasteiger partial charge in [-0.15, -0.1) is 0 Å². The first-order valence-corrected chi connectivity index (χ1v) is 13.8. The number of halogens is 2. The average Bonchev–Trinajstić information content (AvgIpc) is 3.73. The highest BCUT2D eigenvalue weighted by Crippen LogP contribution is 2.48. The minimum atomic E-state index is -1.38. The molecule has 0 radical (unpaired) electrons. The highest BCUT2D eigenvalue weighted by atomic mass is 19.1. The van der Waals surface area contributed by atoms with Crippen molar-refractivity contribution >= 4 is 45.9 Å². The molecular weight excluding hydrogens is 552 g/mol. The molecular formula is C29H29F2N5O6. The molecule has 3 aliphatic rings. The van der Waals surface area contributed by atoms with Gasteiger partial charge in [-0.2, -0.15) is 0 Å². The van der Waals surface area contributed by atoms with Gasteiger partial charge < -0.3 is 29.9 Å². The van der Waals surface area contributed by atoms with Crippen molar-refractivity contribution < 1.29 is 33.0 Å². The van der Waals surface area contributed by atoms with Gasteiger partial charge >= 0.3 is 12.1 Å². The molecule has 2 aromatic carbocycles. The summed E-state index contributed by atoms with van der Waals surface area (Å²) in [6.07, 6.45) is 1.69. The van der Waals surface area contributed by atoms with Crippen molar-refractivity contribution in [3.05, 3.63) is 63.4 Å². The number of benzene rings is 2. The minimum absolute atomic E-state index is 0.0159. The van der Waals surface area contributed by atoms with Gasteiger partial charge in [-0.3, -0.25) is 14.5 Å². The van der Waals surface area contributed by atoms with Crippen molar-refractivity contribution in [1.29, 1.82) is 0 Å². The number of carboxylic acid groups (broad SMARTS) is 1. The molecule has 3 N–H and O–H groups in total. The van der Waals surface area contributed by atoms with E-state index in [1.807, 2.05) is 9.80 Å². The highest BCUT2D eigenvalue weighted by molar-refractivity contribution is 5.95. The van der Waals surface area contributed by atoms with Crippen molar-refractivity contribution in [2.24, 2.45) is 0 Å². The zero-order valence-electron chi connectivity index (χ0n) is 22.8. The van der Waals surface area contributed by atoms with Crippen LogP contribution in [0.15, 0.2) is 35.3 Å². The number of cyclic esters (lactones) is 1. The molecule has 13 heteroatoms. The van der Waals surface area contributed by atoms with E-state index in [0.29, 0.717) is 54.3 Å². The summed E-state index contributed by atoms with van der Waals surface area (Å²) in [6.45, 7) is 3.30. The Balaban J connectivity index is 1.20. The maximum atomic E-state index is 15.6. The van der Waals surface area contributed by atoms with Crippen LogP contribution >= 0.6 is 0 Å². The lowest BCUT2D eigenvalue weighted by molar-refractivity contribution is -0.119. The van der Waals surface area contributed by atoms with E-state index < -0.39 is 40.8 Å². The quantitative estimate of drug-likeness (QED) is 0.387. The molecule has 6 rings (SSSR count). The van der Waals surface area contributed by atoms with Crippen LogP contribution in [0.1, 0.15) is 41.6 Å². The van der Waals surface area contributed by atoms with Crippen LogP contribution in [-0.4, -0.2) is 73.4 Å². The summed E-state index contributed by atoms with van der Waals surface area (Å²) in [4.78, 5) is 55.7. The Bertz CT molecular complexity index is 1660. The SMILES string of the molecule is CC(=O)NCC1CN(c2ccc(N3CCN(c4c(F)cc5c(=O)c(C(=O)O)c[nH]c5c4C4CC4)CC3)c(F)c2)C(=O)O1. The van der Waals surface area contributed by atoms with Gasteiger partial charge in [0.15, 0.2) is 0 Å². The molecule has 220 valence electrons. The number of carbonyl (C=O) groups is 3. The van der Waals surface area contributed by atoms with Crippen molar-refractivity contribution in [1.82, 2.24) is 10.3 Å². The molecule has 1 saturated carbocycles. The van der Waals surface area contributed by atoms with Crippen molar-refractivity contribution in [3.63, 3.8) is 0 Å². The van der Waals surface area contributed by atoms with E-state index in [4.69, 9.17) is 4.74 Å². The number of piperazine rings is 1. The predicted molar refractivity (Wildman–Crippen MR) is 151 cm³/mol. The largest absolute Gasteiger partial charge is 0.477 e. The predicted octanol–water partition coefficient (Wildman–Crippen LogP) is 3.17. The van der Waals surface area contributed by atoms with E-state index in [1.54, 1.807) is 12.1 Å². The molecule has 3 heterocycles. The molecule has 0 spiro atoms. The first-order chi connectivity index (χ1) is 20.1. The molecule has 1 atom stereocenters. The van der Waals surface area contributed by atoms with Crippen LogP contribution < -0.4 is 25.4 Å². The number of hydrogen-bond donors (Lipinski definition) is 3. The molecule has 0 bridgehead atoms. The number of carbonyl (C=O) groups excluding carboxylic acids is 2. The van der Waals surface area contributed by atoms with Crippen LogP contribution in [-0.2, 0) is 9.53 Å². The molecule has 2 aliphatic heterocycles. The number of rotatable bonds is 7. The molecule has 3 fully saturated rings. The number of amides is 2. The number of anilines is 3. The monoisotopic (exact) mass is 581 g/mol. The standard InChI is InChI=1S/C29H29F2N5O6/c1-15(37)32-12-18-14-36(29(41)42-18)17-4-5-23(21(30)10-17)34-6-8-35(9-7-34)26-22(31)11-19-25(24(26)16-2-3-16)33-13-20(27(19)38)28(39)40/h4-5,10-11,13,16,18H,2-3,6-9,12,14H2,1H3,(H,32,37)(H,33,38)(H,39,40). The number of aromatic nitrogens is 1. The van der Waals surface area contributed by atoms with Gasteiger partial charge in [-0.1, -0.05) is 0 Å². The molecule has 42 heavy (non-hydrogen) atoms. The number of nitrogens with one attached hydrogen (secondary N) is 2. The lowest BCUT2D eigenvalue weighted by Crippen LogP contribution is -2.47. The summed E-state index contributed by atoms with van der Waals surface area (Å²) >= 11 is 0. The summed E-state index contributed by atoms with van der Waals surface area (Å²) in [5.41, 5.74) is 1.05. The Kier molecular flexibility index (Phi) is 6.95. The normalized spacial score (nSPS) is 18.9. The maximum absolute atomic E-state index is 15.6. The van der Waals surface area contributed by atoms with Crippen molar-refractivity contribution in [2.45, 2.75) is 31.8 Å². The van der Waals surface area contributed by atoms with Gasteiger partial charge in [0, 0.05) is 50.2 Å². The minimum Gasteiger partial charge on any atom is -0.477 e. The summed E-state index contributed by atoms with van der Waals surface area (Å²) in [5, 5.41) is 11.9.